The molecule has 0 spiro atoms. The highest BCUT2D eigenvalue weighted by Gasteiger charge is 2.11. The molecule has 5 heteroatoms. The maximum Gasteiger partial charge on any atom is 0.161 e. The van der Waals surface area contributed by atoms with Crippen LogP contribution in [0, 0.1) is 0 Å². The molecule has 0 aliphatic rings. The van der Waals surface area contributed by atoms with Gasteiger partial charge >= 0.3 is 0 Å². The normalized spacial score (nSPS) is 12.0. The lowest BCUT2D eigenvalue weighted by molar-refractivity contribution is 0.354. The summed E-state index contributed by atoms with van der Waals surface area (Å²) in [6.07, 6.45) is 0. The highest BCUT2D eigenvalue weighted by molar-refractivity contribution is 9.10. The first-order valence-corrected chi connectivity index (χ1v) is 8.27. The molecule has 1 atom stereocenters. The molecule has 0 aliphatic heterocycles. The van der Waals surface area contributed by atoms with Crippen LogP contribution in [0.15, 0.2) is 51.8 Å². The molecule has 0 radical (unpaired) electrons. The Morgan fingerprint density at radius 2 is 1.86 bits per heavy atom. The number of halogens is 1. The fraction of sp³-hybridized carbons (Fsp3) is 0.250. The number of rotatable bonds is 6. The Hall–Kier alpha value is -1.17. The minimum Gasteiger partial charge on any atom is -0.493 e. The van der Waals surface area contributed by atoms with Crippen molar-refractivity contribution in [2.24, 2.45) is 5.73 Å². The van der Waals surface area contributed by atoms with Crippen molar-refractivity contribution in [1.29, 1.82) is 0 Å². The van der Waals surface area contributed by atoms with Gasteiger partial charge in [0.05, 0.1) is 14.2 Å². The standard InChI is InChI=1S/C16H18BrNO2S/c1-19-15-7-6-11(8-16(15)20-2)14(18)10-21-13-5-3-4-12(17)9-13/h3-9,14H,10,18H2,1-2H3. The van der Waals surface area contributed by atoms with Crippen LogP contribution < -0.4 is 15.2 Å². The topological polar surface area (TPSA) is 44.5 Å². The second-order valence-corrected chi connectivity index (χ2v) is 6.50. The van der Waals surface area contributed by atoms with Crippen molar-refractivity contribution in [3.8, 4) is 11.5 Å². The molecule has 3 nitrogen and oxygen atoms in total. The maximum atomic E-state index is 6.27. The van der Waals surface area contributed by atoms with Gasteiger partial charge in [0.25, 0.3) is 0 Å². The summed E-state index contributed by atoms with van der Waals surface area (Å²) in [7, 11) is 3.25. The van der Waals surface area contributed by atoms with Gasteiger partial charge in [0.1, 0.15) is 0 Å². The predicted molar refractivity (Wildman–Crippen MR) is 91.3 cm³/mol. The van der Waals surface area contributed by atoms with Crippen LogP contribution in [0.2, 0.25) is 0 Å². The molecule has 21 heavy (non-hydrogen) atoms. The van der Waals surface area contributed by atoms with Crippen LogP contribution >= 0.6 is 27.7 Å². The zero-order valence-corrected chi connectivity index (χ0v) is 14.4. The molecule has 0 aromatic heterocycles. The molecule has 2 aromatic rings. The van der Waals surface area contributed by atoms with Crippen LogP contribution in [-0.2, 0) is 0 Å². The van der Waals surface area contributed by atoms with E-state index in [0.717, 1.165) is 15.8 Å². The largest absolute Gasteiger partial charge is 0.493 e. The Labute approximate surface area is 138 Å². The zero-order valence-electron chi connectivity index (χ0n) is 12.0. The van der Waals surface area contributed by atoms with Gasteiger partial charge in [-0.05, 0) is 35.9 Å². The van der Waals surface area contributed by atoms with E-state index in [0.29, 0.717) is 11.5 Å². The van der Waals surface area contributed by atoms with E-state index in [4.69, 9.17) is 15.2 Å². The lowest BCUT2D eigenvalue weighted by Crippen LogP contribution is -2.13. The lowest BCUT2D eigenvalue weighted by Gasteiger charge is -2.15. The van der Waals surface area contributed by atoms with Gasteiger partial charge in [-0.3, -0.25) is 0 Å². The fourth-order valence-electron chi connectivity index (χ4n) is 1.92. The van der Waals surface area contributed by atoms with E-state index < -0.39 is 0 Å². The van der Waals surface area contributed by atoms with Gasteiger partial charge in [0.15, 0.2) is 11.5 Å². The Morgan fingerprint density at radius 1 is 1.10 bits per heavy atom. The van der Waals surface area contributed by atoms with Gasteiger partial charge in [0.2, 0.25) is 0 Å². The third kappa shape index (κ3) is 4.40. The summed E-state index contributed by atoms with van der Waals surface area (Å²) in [4.78, 5) is 1.19. The highest BCUT2D eigenvalue weighted by Crippen LogP contribution is 2.31. The molecule has 0 saturated heterocycles. The van der Waals surface area contributed by atoms with Crippen molar-refractivity contribution < 1.29 is 9.47 Å². The SMILES string of the molecule is COc1ccc(C(N)CSc2cccc(Br)c2)cc1OC. The van der Waals surface area contributed by atoms with Crippen molar-refractivity contribution in [3.05, 3.63) is 52.5 Å². The molecular formula is C16H18BrNO2S. The Kier molecular flexibility index (Phi) is 5.96. The van der Waals surface area contributed by atoms with Crippen LogP contribution in [0.4, 0.5) is 0 Å². The molecule has 2 N–H and O–H groups in total. The summed E-state index contributed by atoms with van der Waals surface area (Å²) in [5, 5.41) is 0. The van der Waals surface area contributed by atoms with Gasteiger partial charge in [-0.15, -0.1) is 11.8 Å². The molecule has 112 valence electrons. The molecule has 0 amide bonds. The van der Waals surface area contributed by atoms with E-state index in [2.05, 4.69) is 28.1 Å². The number of hydrogen-bond donors (Lipinski definition) is 1. The minimum atomic E-state index is -0.0613. The van der Waals surface area contributed by atoms with Crippen molar-refractivity contribution in [3.63, 3.8) is 0 Å². The first-order chi connectivity index (χ1) is 10.1. The third-order valence-electron chi connectivity index (χ3n) is 3.06. The highest BCUT2D eigenvalue weighted by atomic mass is 79.9. The smallest absolute Gasteiger partial charge is 0.161 e. The van der Waals surface area contributed by atoms with Gasteiger partial charge < -0.3 is 15.2 Å². The molecule has 1 unspecified atom stereocenters. The number of ether oxygens (including phenoxy) is 2. The minimum absolute atomic E-state index is 0.0613. The number of nitrogens with two attached hydrogens (primary N) is 1. The van der Waals surface area contributed by atoms with Crippen LogP contribution in [0.5, 0.6) is 11.5 Å². The van der Waals surface area contributed by atoms with Gasteiger partial charge in [-0.1, -0.05) is 28.1 Å². The lowest BCUT2D eigenvalue weighted by atomic mass is 10.1. The van der Waals surface area contributed by atoms with E-state index in [1.165, 1.54) is 4.90 Å². The van der Waals surface area contributed by atoms with Crippen LogP contribution in [0.25, 0.3) is 0 Å². The number of benzene rings is 2. The molecule has 0 heterocycles. The Balaban J connectivity index is 2.04. The summed E-state index contributed by atoms with van der Waals surface area (Å²) in [5.41, 5.74) is 7.30. The molecule has 0 saturated carbocycles. The summed E-state index contributed by atoms with van der Waals surface area (Å²) in [5.74, 6) is 2.22. The summed E-state index contributed by atoms with van der Waals surface area (Å²) >= 11 is 5.21. The molecule has 0 aliphatic carbocycles. The number of methoxy groups -OCH3 is 2. The summed E-state index contributed by atoms with van der Waals surface area (Å²) in [6.45, 7) is 0. The quantitative estimate of drug-likeness (QED) is 0.774. The van der Waals surface area contributed by atoms with Crippen molar-refractivity contribution in [1.82, 2.24) is 0 Å². The van der Waals surface area contributed by atoms with Crippen LogP contribution in [0.1, 0.15) is 11.6 Å². The van der Waals surface area contributed by atoms with Crippen molar-refractivity contribution in [2.75, 3.05) is 20.0 Å². The fourth-order valence-corrected chi connectivity index (χ4v) is 3.42. The third-order valence-corrected chi connectivity index (χ3v) is 4.67. The van der Waals surface area contributed by atoms with Crippen molar-refractivity contribution >= 4 is 27.7 Å². The molecule has 2 rings (SSSR count). The number of hydrogen-bond acceptors (Lipinski definition) is 4. The summed E-state index contributed by atoms with van der Waals surface area (Å²) in [6, 6.07) is 13.9. The van der Waals surface area contributed by atoms with Gasteiger partial charge in [-0.25, -0.2) is 0 Å². The monoisotopic (exact) mass is 367 g/mol. The molecular weight excluding hydrogens is 350 g/mol. The average molecular weight is 368 g/mol. The second-order valence-electron chi connectivity index (χ2n) is 4.49. The first-order valence-electron chi connectivity index (χ1n) is 6.50. The average Bonchev–Trinajstić information content (AvgIpc) is 2.52. The van der Waals surface area contributed by atoms with E-state index in [9.17, 15) is 0 Å². The molecule has 0 bridgehead atoms. The van der Waals surface area contributed by atoms with E-state index in [1.54, 1.807) is 26.0 Å². The van der Waals surface area contributed by atoms with Crippen LogP contribution in [0.3, 0.4) is 0 Å². The molecule has 2 aromatic carbocycles. The first kappa shape index (κ1) is 16.2. The van der Waals surface area contributed by atoms with E-state index >= 15 is 0 Å². The zero-order chi connectivity index (χ0) is 15.2. The predicted octanol–water partition coefficient (Wildman–Crippen LogP) is 4.26. The van der Waals surface area contributed by atoms with Crippen molar-refractivity contribution in [2.45, 2.75) is 10.9 Å². The Morgan fingerprint density at radius 3 is 2.52 bits per heavy atom. The van der Waals surface area contributed by atoms with E-state index in [1.807, 2.05) is 30.3 Å². The van der Waals surface area contributed by atoms with Gasteiger partial charge in [0, 0.05) is 21.2 Å². The molecule has 0 fully saturated rings. The second kappa shape index (κ2) is 7.73. The van der Waals surface area contributed by atoms with E-state index in [-0.39, 0.29) is 6.04 Å². The van der Waals surface area contributed by atoms with Gasteiger partial charge in [-0.2, -0.15) is 0 Å². The summed E-state index contributed by atoms with van der Waals surface area (Å²) < 4.78 is 11.6. The van der Waals surface area contributed by atoms with Crippen LogP contribution in [-0.4, -0.2) is 20.0 Å². The number of thioether (sulfide) groups is 1. The Bertz CT molecular complexity index is 607. The maximum absolute atomic E-state index is 6.27.